The monoisotopic (exact) mass is 376 g/mol. The van der Waals surface area contributed by atoms with Gasteiger partial charge < -0.3 is 14.2 Å². The quantitative estimate of drug-likeness (QED) is 0.583. The van der Waals surface area contributed by atoms with Crippen molar-refractivity contribution in [3.63, 3.8) is 0 Å². The van der Waals surface area contributed by atoms with Gasteiger partial charge in [0.15, 0.2) is 17.9 Å². The SMILES string of the molecule is CCCCCOc1ccc(C2OCC(c3ccc(C)cc3)CO2)c(F)c1F. The summed E-state index contributed by atoms with van der Waals surface area (Å²) in [7, 11) is 0. The Hall–Kier alpha value is -1.98. The predicted octanol–water partition coefficient (Wildman–Crippen LogP) is 5.67. The molecule has 1 saturated heterocycles. The maximum absolute atomic E-state index is 14.5. The second-order valence-corrected chi connectivity index (χ2v) is 6.94. The molecular formula is C22H26F2O3. The van der Waals surface area contributed by atoms with Crippen LogP contribution in [0.1, 0.15) is 55.1 Å². The van der Waals surface area contributed by atoms with E-state index in [0.29, 0.717) is 19.8 Å². The van der Waals surface area contributed by atoms with E-state index in [1.807, 2.05) is 31.2 Å². The Bertz CT molecular complexity index is 738. The molecular weight excluding hydrogens is 350 g/mol. The van der Waals surface area contributed by atoms with Crippen molar-refractivity contribution in [3.8, 4) is 5.75 Å². The molecule has 2 aromatic carbocycles. The molecule has 0 saturated carbocycles. The van der Waals surface area contributed by atoms with Crippen molar-refractivity contribution < 1.29 is 23.0 Å². The number of aryl methyl sites for hydroxylation is 1. The summed E-state index contributed by atoms with van der Waals surface area (Å²) in [6.07, 6.45) is 1.94. The second kappa shape index (κ2) is 9.29. The molecule has 27 heavy (non-hydrogen) atoms. The van der Waals surface area contributed by atoms with Crippen molar-refractivity contribution in [1.29, 1.82) is 0 Å². The lowest BCUT2D eigenvalue weighted by atomic mass is 9.99. The third kappa shape index (κ3) is 4.85. The van der Waals surface area contributed by atoms with Crippen LogP contribution in [-0.4, -0.2) is 19.8 Å². The first kappa shape index (κ1) is 19.8. The summed E-state index contributed by atoms with van der Waals surface area (Å²) in [6, 6.07) is 11.1. The predicted molar refractivity (Wildman–Crippen MR) is 99.9 cm³/mol. The molecule has 1 heterocycles. The summed E-state index contributed by atoms with van der Waals surface area (Å²) >= 11 is 0. The van der Waals surface area contributed by atoms with E-state index in [-0.39, 0.29) is 17.2 Å². The summed E-state index contributed by atoms with van der Waals surface area (Å²) in [5.41, 5.74) is 2.36. The molecule has 1 aliphatic rings. The minimum absolute atomic E-state index is 0.0655. The molecule has 5 heteroatoms. The van der Waals surface area contributed by atoms with E-state index in [2.05, 4.69) is 6.92 Å². The van der Waals surface area contributed by atoms with Crippen LogP contribution in [0.5, 0.6) is 5.75 Å². The number of hydrogen-bond acceptors (Lipinski definition) is 3. The molecule has 0 atom stereocenters. The average molecular weight is 376 g/mol. The standard InChI is InChI=1S/C22H26F2O3/c1-3-4-5-12-25-19-11-10-18(20(23)21(19)24)22-26-13-17(14-27-22)16-8-6-15(2)7-9-16/h6-11,17,22H,3-5,12-14H2,1-2H3. The Labute approximate surface area is 159 Å². The molecule has 0 aliphatic carbocycles. The van der Waals surface area contributed by atoms with Gasteiger partial charge in [-0.05, 0) is 31.0 Å². The summed E-state index contributed by atoms with van der Waals surface area (Å²) in [5, 5.41) is 0. The van der Waals surface area contributed by atoms with Crippen LogP contribution in [0.4, 0.5) is 8.78 Å². The first-order chi connectivity index (χ1) is 13.1. The molecule has 2 aromatic rings. The highest BCUT2D eigenvalue weighted by molar-refractivity contribution is 5.32. The van der Waals surface area contributed by atoms with E-state index >= 15 is 0 Å². The van der Waals surface area contributed by atoms with Crippen LogP contribution >= 0.6 is 0 Å². The van der Waals surface area contributed by atoms with E-state index in [0.717, 1.165) is 24.8 Å². The maximum atomic E-state index is 14.5. The Morgan fingerprint density at radius 1 is 0.963 bits per heavy atom. The normalized spacial score (nSPS) is 19.9. The van der Waals surface area contributed by atoms with Gasteiger partial charge in [0.25, 0.3) is 0 Å². The van der Waals surface area contributed by atoms with Crippen molar-refractivity contribution in [2.45, 2.75) is 45.3 Å². The molecule has 0 N–H and O–H groups in total. The van der Waals surface area contributed by atoms with E-state index in [4.69, 9.17) is 14.2 Å². The Morgan fingerprint density at radius 2 is 1.67 bits per heavy atom. The third-order valence-electron chi connectivity index (χ3n) is 4.78. The highest BCUT2D eigenvalue weighted by Crippen LogP contribution is 2.34. The molecule has 1 aliphatic heterocycles. The van der Waals surface area contributed by atoms with Crippen LogP contribution in [0.25, 0.3) is 0 Å². The van der Waals surface area contributed by atoms with Gasteiger partial charge in [0.05, 0.1) is 19.8 Å². The number of hydrogen-bond donors (Lipinski definition) is 0. The number of ether oxygens (including phenoxy) is 3. The zero-order chi connectivity index (χ0) is 19.2. The van der Waals surface area contributed by atoms with Gasteiger partial charge in [-0.25, -0.2) is 4.39 Å². The first-order valence-corrected chi connectivity index (χ1v) is 9.50. The van der Waals surface area contributed by atoms with E-state index in [1.54, 1.807) is 0 Å². The number of rotatable bonds is 7. The lowest BCUT2D eigenvalue weighted by molar-refractivity contribution is -0.193. The molecule has 1 fully saturated rings. The van der Waals surface area contributed by atoms with Gasteiger partial charge in [-0.2, -0.15) is 4.39 Å². The fourth-order valence-corrected chi connectivity index (χ4v) is 3.09. The minimum Gasteiger partial charge on any atom is -0.490 e. The molecule has 0 radical (unpaired) electrons. The zero-order valence-electron chi connectivity index (χ0n) is 15.8. The lowest BCUT2D eigenvalue weighted by Crippen LogP contribution is -2.26. The van der Waals surface area contributed by atoms with Crippen molar-refractivity contribution in [3.05, 3.63) is 64.7 Å². The van der Waals surface area contributed by atoms with Crippen molar-refractivity contribution >= 4 is 0 Å². The van der Waals surface area contributed by atoms with Crippen LogP contribution in [0.2, 0.25) is 0 Å². The number of benzene rings is 2. The molecule has 0 amide bonds. The fraction of sp³-hybridized carbons (Fsp3) is 0.455. The topological polar surface area (TPSA) is 27.7 Å². The van der Waals surface area contributed by atoms with Gasteiger partial charge in [0, 0.05) is 11.5 Å². The summed E-state index contributed by atoms with van der Waals surface area (Å²) in [4.78, 5) is 0. The van der Waals surface area contributed by atoms with Crippen molar-refractivity contribution in [2.75, 3.05) is 19.8 Å². The van der Waals surface area contributed by atoms with Gasteiger partial charge >= 0.3 is 0 Å². The molecule has 0 bridgehead atoms. The molecule has 0 spiro atoms. The smallest absolute Gasteiger partial charge is 0.201 e. The summed E-state index contributed by atoms with van der Waals surface area (Å²) in [6.45, 7) is 5.26. The van der Waals surface area contributed by atoms with E-state index < -0.39 is 17.9 Å². The lowest BCUT2D eigenvalue weighted by Gasteiger charge is -2.30. The Kier molecular flexibility index (Phi) is 6.80. The third-order valence-corrected chi connectivity index (χ3v) is 4.78. The molecule has 0 aromatic heterocycles. The number of unbranched alkanes of at least 4 members (excludes halogenated alkanes) is 2. The summed E-state index contributed by atoms with van der Waals surface area (Å²) < 4.78 is 45.5. The van der Waals surface area contributed by atoms with E-state index in [1.165, 1.54) is 17.7 Å². The van der Waals surface area contributed by atoms with Crippen molar-refractivity contribution in [2.24, 2.45) is 0 Å². The van der Waals surface area contributed by atoms with Crippen LogP contribution in [0.3, 0.4) is 0 Å². The molecule has 3 nitrogen and oxygen atoms in total. The molecule has 0 unspecified atom stereocenters. The highest BCUT2D eigenvalue weighted by atomic mass is 19.2. The molecule has 146 valence electrons. The van der Waals surface area contributed by atoms with Crippen LogP contribution < -0.4 is 4.74 Å². The first-order valence-electron chi connectivity index (χ1n) is 9.50. The van der Waals surface area contributed by atoms with Gasteiger partial charge in [-0.15, -0.1) is 0 Å². The average Bonchev–Trinajstić information content (AvgIpc) is 2.69. The Morgan fingerprint density at radius 3 is 2.33 bits per heavy atom. The second-order valence-electron chi connectivity index (χ2n) is 6.94. The van der Waals surface area contributed by atoms with Crippen LogP contribution in [0, 0.1) is 18.6 Å². The summed E-state index contributed by atoms with van der Waals surface area (Å²) in [5.74, 6) is -1.95. The fourth-order valence-electron chi connectivity index (χ4n) is 3.09. The zero-order valence-corrected chi connectivity index (χ0v) is 15.8. The molecule has 3 rings (SSSR count). The van der Waals surface area contributed by atoms with Crippen molar-refractivity contribution in [1.82, 2.24) is 0 Å². The maximum Gasteiger partial charge on any atom is 0.201 e. The van der Waals surface area contributed by atoms with Crippen LogP contribution in [-0.2, 0) is 9.47 Å². The van der Waals surface area contributed by atoms with Crippen LogP contribution in [0.15, 0.2) is 36.4 Å². The minimum atomic E-state index is -0.989. The van der Waals surface area contributed by atoms with Gasteiger partial charge in [0.1, 0.15) is 0 Å². The van der Waals surface area contributed by atoms with Gasteiger partial charge in [-0.1, -0.05) is 49.6 Å². The highest BCUT2D eigenvalue weighted by Gasteiger charge is 2.28. The number of halogens is 2. The van der Waals surface area contributed by atoms with Gasteiger partial charge in [0.2, 0.25) is 5.82 Å². The Balaban J connectivity index is 1.62. The van der Waals surface area contributed by atoms with Gasteiger partial charge in [-0.3, -0.25) is 0 Å². The van der Waals surface area contributed by atoms with E-state index in [9.17, 15) is 8.78 Å². The largest absolute Gasteiger partial charge is 0.490 e.